The molecule has 0 spiro atoms. The van der Waals surface area contributed by atoms with Crippen molar-refractivity contribution < 1.29 is 0 Å². The lowest BCUT2D eigenvalue weighted by atomic mass is 9.82. The molecule has 0 bridgehead atoms. The Balaban J connectivity index is 1.05. The van der Waals surface area contributed by atoms with Gasteiger partial charge in [-0.05, 0) is 113 Å². The average molecular weight is 690 g/mol. The maximum Gasteiger partial charge on any atom is 0.0465 e. The van der Waals surface area contributed by atoms with Crippen molar-refractivity contribution in [1.29, 1.82) is 0 Å². The Kier molecular flexibility index (Phi) is 7.56. The number of benzene rings is 9. The molecule has 0 aromatic heterocycles. The molecule has 0 aliphatic heterocycles. The summed E-state index contributed by atoms with van der Waals surface area (Å²) in [5.74, 6) is 0. The third-order valence-electron chi connectivity index (χ3n) is 11.5. The molecular weight excluding hydrogens is 651 g/mol. The van der Waals surface area contributed by atoms with Gasteiger partial charge in [-0.2, -0.15) is 0 Å². The second kappa shape index (κ2) is 12.8. The smallest absolute Gasteiger partial charge is 0.0465 e. The van der Waals surface area contributed by atoms with E-state index in [0.29, 0.717) is 0 Å². The third kappa shape index (κ3) is 5.16. The van der Waals surface area contributed by atoms with Crippen molar-refractivity contribution in [2.24, 2.45) is 0 Å². The topological polar surface area (TPSA) is 3.24 Å². The number of nitrogens with zero attached hydrogens (tertiary/aromatic N) is 1. The molecule has 1 aliphatic rings. The van der Waals surface area contributed by atoms with Crippen molar-refractivity contribution >= 4 is 61.5 Å². The van der Waals surface area contributed by atoms with Crippen molar-refractivity contribution in [3.63, 3.8) is 0 Å². The largest absolute Gasteiger partial charge is 0.310 e. The standard InChI is InChI=1S/C53H39N/c1-53(2)50-26-13-12-22-45(50)46-34-32-40(35-51(46)53)54(38-17-4-3-5-18-38)39-30-27-36(28-31-39)29-33-44-42-20-8-10-23-48(42)52(49-24-11-9-21-43(44)49)47-25-14-16-37-15-6-7-19-41(37)47/h3-35H,1-2H3/b33-29+. The molecular formula is C53H39N. The number of hydrogen-bond donors (Lipinski definition) is 0. The highest BCUT2D eigenvalue weighted by molar-refractivity contribution is 6.20. The van der Waals surface area contributed by atoms with Crippen molar-refractivity contribution in [3.05, 3.63) is 210 Å². The summed E-state index contributed by atoms with van der Waals surface area (Å²) in [6, 6.07) is 68.6. The lowest BCUT2D eigenvalue weighted by molar-refractivity contribution is 0.660. The highest BCUT2D eigenvalue weighted by Gasteiger charge is 2.35. The first-order valence-electron chi connectivity index (χ1n) is 18.9. The van der Waals surface area contributed by atoms with E-state index >= 15 is 0 Å². The molecule has 0 atom stereocenters. The van der Waals surface area contributed by atoms with Crippen molar-refractivity contribution in [1.82, 2.24) is 0 Å². The molecule has 1 heteroatoms. The van der Waals surface area contributed by atoms with Crippen LogP contribution in [0.4, 0.5) is 17.1 Å². The van der Waals surface area contributed by atoms with Crippen LogP contribution in [-0.2, 0) is 5.41 Å². The fourth-order valence-corrected chi connectivity index (χ4v) is 8.84. The molecule has 0 saturated carbocycles. The second-order valence-corrected chi connectivity index (χ2v) is 14.9. The zero-order chi connectivity index (χ0) is 36.2. The van der Waals surface area contributed by atoms with Gasteiger partial charge in [0.05, 0.1) is 0 Å². The number of para-hydroxylation sites is 1. The van der Waals surface area contributed by atoms with E-state index < -0.39 is 0 Å². The zero-order valence-corrected chi connectivity index (χ0v) is 30.5. The summed E-state index contributed by atoms with van der Waals surface area (Å²) >= 11 is 0. The van der Waals surface area contributed by atoms with Crippen LogP contribution in [0.3, 0.4) is 0 Å². The van der Waals surface area contributed by atoms with Crippen LogP contribution in [0.15, 0.2) is 188 Å². The monoisotopic (exact) mass is 689 g/mol. The van der Waals surface area contributed by atoms with Gasteiger partial charge in [0, 0.05) is 22.5 Å². The maximum absolute atomic E-state index is 2.40. The van der Waals surface area contributed by atoms with E-state index in [0.717, 1.165) is 22.6 Å². The van der Waals surface area contributed by atoms with Crippen LogP contribution in [-0.4, -0.2) is 0 Å². The van der Waals surface area contributed by atoms with Crippen LogP contribution in [0.25, 0.3) is 66.7 Å². The summed E-state index contributed by atoms with van der Waals surface area (Å²) in [4.78, 5) is 2.37. The highest BCUT2D eigenvalue weighted by atomic mass is 15.1. The van der Waals surface area contributed by atoms with Crippen molar-refractivity contribution in [2.45, 2.75) is 19.3 Å². The second-order valence-electron chi connectivity index (χ2n) is 14.9. The Morgan fingerprint density at radius 3 is 1.67 bits per heavy atom. The lowest BCUT2D eigenvalue weighted by Crippen LogP contribution is -2.16. The predicted molar refractivity (Wildman–Crippen MR) is 232 cm³/mol. The third-order valence-corrected chi connectivity index (χ3v) is 11.5. The van der Waals surface area contributed by atoms with E-state index in [1.54, 1.807) is 0 Å². The number of rotatable bonds is 6. The Bertz CT molecular complexity index is 2830. The minimum absolute atomic E-state index is 0.0691. The molecule has 9 aromatic carbocycles. The Morgan fingerprint density at radius 1 is 0.389 bits per heavy atom. The number of hydrogen-bond acceptors (Lipinski definition) is 1. The van der Waals surface area contributed by atoms with Gasteiger partial charge in [-0.15, -0.1) is 0 Å². The van der Waals surface area contributed by atoms with E-state index in [-0.39, 0.29) is 5.41 Å². The van der Waals surface area contributed by atoms with E-state index in [1.807, 2.05) is 0 Å². The maximum atomic E-state index is 2.40. The van der Waals surface area contributed by atoms with Crippen LogP contribution in [0, 0.1) is 0 Å². The molecule has 0 saturated heterocycles. The first-order chi connectivity index (χ1) is 26.6. The molecule has 0 amide bonds. The molecule has 0 heterocycles. The van der Waals surface area contributed by atoms with Crippen LogP contribution >= 0.6 is 0 Å². The molecule has 0 N–H and O–H groups in total. The van der Waals surface area contributed by atoms with Gasteiger partial charge in [0.1, 0.15) is 0 Å². The van der Waals surface area contributed by atoms with Crippen molar-refractivity contribution in [2.75, 3.05) is 4.90 Å². The zero-order valence-electron chi connectivity index (χ0n) is 30.5. The van der Waals surface area contributed by atoms with Gasteiger partial charge in [-0.25, -0.2) is 0 Å². The average Bonchev–Trinajstić information content (AvgIpc) is 3.45. The Hall–Kier alpha value is -6.70. The van der Waals surface area contributed by atoms with Crippen LogP contribution < -0.4 is 4.90 Å². The van der Waals surface area contributed by atoms with Crippen molar-refractivity contribution in [3.8, 4) is 22.3 Å². The van der Waals surface area contributed by atoms with E-state index in [9.17, 15) is 0 Å². The predicted octanol–water partition coefficient (Wildman–Crippen LogP) is 14.8. The number of anilines is 3. The SMILES string of the molecule is CC1(C)c2ccccc2-c2ccc(N(c3ccccc3)c3ccc(/C=C/c4c5ccccc5c(-c5cccc6ccccc56)c5ccccc45)cc3)cc21. The minimum atomic E-state index is -0.0691. The Morgan fingerprint density at radius 2 is 0.926 bits per heavy atom. The van der Waals surface area contributed by atoms with Gasteiger partial charge in [0.2, 0.25) is 0 Å². The van der Waals surface area contributed by atoms with Gasteiger partial charge in [-0.3, -0.25) is 0 Å². The van der Waals surface area contributed by atoms with Gasteiger partial charge in [0.25, 0.3) is 0 Å². The summed E-state index contributed by atoms with van der Waals surface area (Å²) in [6.07, 6.45) is 4.57. The molecule has 10 rings (SSSR count). The lowest BCUT2D eigenvalue weighted by Gasteiger charge is -2.28. The molecule has 0 unspecified atom stereocenters. The fraction of sp³-hybridized carbons (Fsp3) is 0.0566. The fourth-order valence-electron chi connectivity index (χ4n) is 8.84. The van der Waals surface area contributed by atoms with Crippen LogP contribution in [0.5, 0.6) is 0 Å². The van der Waals surface area contributed by atoms with Gasteiger partial charge >= 0.3 is 0 Å². The van der Waals surface area contributed by atoms with Gasteiger partial charge < -0.3 is 4.90 Å². The van der Waals surface area contributed by atoms with Gasteiger partial charge in [0.15, 0.2) is 0 Å². The molecule has 1 aliphatic carbocycles. The molecule has 9 aromatic rings. The van der Waals surface area contributed by atoms with E-state index in [2.05, 4.69) is 219 Å². The summed E-state index contributed by atoms with van der Waals surface area (Å²) in [5.41, 5.74) is 13.7. The van der Waals surface area contributed by atoms with E-state index in [1.165, 1.54) is 71.3 Å². The Labute approximate surface area is 317 Å². The first kappa shape index (κ1) is 32.0. The van der Waals surface area contributed by atoms with Crippen LogP contribution in [0.1, 0.15) is 36.1 Å². The summed E-state index contributed by atoms with van der Waals surface area (Å²) in [5, 5.41) is 7.57. The van der Waals surface area contributed by atoms with Gasteiger partial charge in [-0.1, -0.05) is 178 Å². The summed E-state index contributed by atoms with van der Waals surface area (Å²) in [6.45, 7) is 4.69. The molecule has 1 nitrogen and oxygen atoms in total. The summed E-state index contributed by atoms with van der Waals surface area (Å²) in [7, 11) is 0. The highest BCUT2D eigenvalue weighted by Crippen LogP contribution is 2.50. The molecule has 0 radical (unpaired) electrons. The molecule has 256 valence electrons. The first-order valence-corrected chi connectivity index (χ1v) is 18.9. The summed E-state index contributed by atoms with van der Waals surface area (Å²) < 4.78 is 0. The van der Waals surface area contributed by atoms with E-state index in [4.69, 9.17) is 0 Å². The normalized spacial score (nSPS) is 13.1. The quantitative estimate of drug-likeness (QED) is 0.124. The van der Waals surface area contributed by atoms with Crippen LogP contribution in [0.2, 0.25) is 0 Å². The minimum Gasteiger partial charge on any atom is -0.310 e. The number of fused-ring (bicyclic) bond motifs is 6. The molecule has 0 fully saturated rings. The molecule has 54 heavy (non-hydrogen) atoms.